The van der Waals surface area contributed by atoms with Crippen LogP contribution in [0.1, 0.15) is 0 Å². The standard InChI is InChI=1S/C2H8N6S/c3-5-1-6-7-2(9)8(1)4/h1,5-6H,3-4H2,(H,7,9). The number of rotatable bonds is 1. The fourth-order valence-electron chi connectivity index (χ4n) is 0.503. The third-order valence-corrected chi connectivity index (χ3v) is 1.30. The van der Waals surface area contributed by atoms with Crippen molar-refractivity contribution in [1.82, 2.24) is 21.3 Å². The summed E-state index contributed by atoms with van der Waals surface area (Å²) in [6.07, 6.45) is -0.322. The maximum Gasteiger partial charge on any atom is 0.200 e. The molecule has 1 rings (SSSR count). The van der Waals surface area contributed by atoms with Gasteiger partial charge in [0.1, 0.15) is 0 Å². The largest absolute Gasteiger partial charge is 0.294 e. The van der Waals surface area contributed by atoms with Gasteiger partial charge in [0.05, 0.1) is 0 Å². The molecule has 7 N–H and O–H groups in total. The van der Waals surface area contributed by atoms with E-state index < -0.39 is 0 Å². The molecule has 0 radical (unpaired) electrons. The quantitative estimate of drug-likeness (QED) is 0.157. The van der Waals surface area contributed by atoms with Crippen LogP contribution < -0.4 is 28.0 Å². The number of hydrogen-bond donors (Lipinski definition) is 5. The maximum absolute atomic E-state index is 5.36. The summed E-state index contributed by atoms with van der Waals surface area (Å²) in [5, 5.41) is 1.69. The molecule has 1 unspecified atom stereocenters. The first-order valence-electron chi connectivity index (χ1n) is 2.31. The lowest BCUT2D eigenvalue weighted by atomic mass is 10.8. The van der Waals surface area contributed by atoms with Crippen LogP contribution >= 0.6 is 12.2 Å². The maximum atomic E-state index is 5.36. The Labute approximate surface area is 57.5 Å². The first-order valence-corrected chi connectivity index (χ1v) is 2.72. The Hall–Kier alpha value is -0.470. The van der Waals surface area contributed by atoms with Crippen LogP contribution in [-0.2, 0) is 0 Å². The van der Waals surface area contributed by atoms with Gasteiger partial charge in [0.25, 0.3) is 0 Å². The minimum Gasteiger partial charge on any atom is -0.294 e. The fraction of sp³-hybridized carbons (Fsp3) is 0.500. The molecular weight excluding hydrogens is 140 g/mol. The topological polar surface area (TPSA) is 91.4 Å². The molecule has 6 nitrogen and oxygen atoms in total. The third kappa shape index (κ3) is 1.09. The van der Waals surface area contributed by atoms with E-state index in [1.165, 1.54) is 5.01 Å². The molecule has 1 heterocycles. The van der Waals surface area contributed by atoms with Crippen LogP contribution in [-0.4, -0.2) is 16.4 Å². The van der Waals surface area contributed by atoms with Crippen molar-refractivity contribution in [3.8, 4) is 0 Å². The van der Waals surface area contributed by atoms with Crippen LogP contribution in [0.3, 0.4) is 0 Å². The Bertz CT molecular complexity index is 124. The number of thiocarbonyl (C=S) groups is 1. The molecule has 1 saturated heterocycles. The highest BCUT2D eigenvalue weighted by molar-refractivity contribution is 7.80. The highest BCUT2D eigenvalue weighted by Gasteiger charge is 2.22. The molecule has 1 aliphatic heterocycles. The minimum atomic E-state index is -0.322. The van der Waals surface area contributed by atoms with Gasteiger partial charge in [0.2, 0.25) is 5.11 Å². The lowest BCUT2D eigenvalue weighted by Crippen LogP contribution is -2.54. The van der Waals surface area contributed by atoms with Crippen LogP contribution in [0, 0.1) is 0 Å². The van der Waals surface area contributed by atoms with Gasteiger partial charge in [-0.25, -0.2) is 11.3 Å². The van der Waals surface area contributed by atoms with Gasteiger partial charge in [-0.1, -0.05) is 0 Å². The van der Waals surface area contributed by atoms with Crippen molar-refractivity contribution >= 4 is 17.3 Å². The second-order valence-corrected chi connectivity index (χ2v) is 1.94. The Morgan fingerprint density at radius 2 is 2.44 bits per heavy atom. The van der Waals surface area contributed by atoms with E-state index in [0.29, 0.717) is 5.11 Å². The molecule has 0 aliphatic carbocycles. The first kappa shape index (κ1) is 6.65. The number of nitrogens with zero attached hydrogens (tertiary/aromatic N) is 1. The van der Waals surface area contributed by atoms with Crippen molar-refractivity contribution in [2.45, 2.75) is 6.29 Å². The summed E-state index contributed by atoms with van der Waals surface area (Å²) in [7, 11) is 0. The second kappa shape index (κ2) is 2.42. The van der Waals surface area contributed by atoms with E-state index in [0.717, 1.165) is 0 Å². The van der Waals surface area contributed by atoms with Crippen molar-refractivity contribution < 1.29 is 0 Å². The zero-order valence-corrected chi connectivity index (χ0v) is 5.40. The fourth-order valence-corrected chi connectivity index (χ4v) is 0.668. The van der Waals surface area contributed by atoms with Gasteiger partial charge in [-0.05, 0) is 12.2 Å². The van der Waals surface area contributed by atoms with E-state index >= 15 is 0 Å². The summed E-state index contributed by atoms with van der Waals surface area (Å²) in [4.78, 5) is 0. The van der Waals surface area contributed by atoms with Gasteiger partial charge in [-0.3, -0.25) is 16.3 Å². The Balaban J connectivity index is 2.51. The highest BCUT2D eigenvalue weighted by Crippen LogP contribution is 1.89. The Kier molecular flexibility index (Phi) is 1.78. The summed E-state index contributed by atoms with van der Waals surface area (Å²) in [6.45, 7) is 0. The van der Waals surface area contributed by atoms with Crippen molar-refractivity contribution in [2.75, 3.05) is 0 Å². The molecule has 1 atom stereocenters. The smallest absolute Gasteiger partial charge is 0.200 e. The van der Waals surface area contributed by atoms with E-state index in [9.17, 15) is 0 Å². The van der Waals surface area contributed by atoms with Crippen molar-refractivity contribution in [2.24, 2.45) is 11.7 Å². The molecule has 0 aromatic carbocycles. The molecule has 0 bridgehead atoms. The predicted octanol–water partition coefficient (Wildman–Crippen LogP) is -2.70. The van der Waals surface area contributed by atoms with Gasteiger partial charge < -0.3 is 0 Å². The molecular formula is C2H8N6S. The minimum absolute atomic E-state index is 0.322. The summed E-state index contributed by atoms with van der Waals surface area (Å²) in [5.41, 5.74) is 7.67. The van der Waals surface area contributed by atoms with Gasteiger partial charge in [0.15, 0.2) is 6.29 Å². The molecule has 0 spiro atoms. The Morgan fingerprint density at radius 3 is 2.67 bits per heavy atom. The van der Waals surface area contributed by atoms with Crippen LogP contribution in [0.4, 0.5) is 0 Å². The van der Waals surface area contributed by atoms with Crippen molar-refractivity contribution in [3.05, 3.63) is 0 Å². The lowest BCUT2D eigenvalue weighted by molar-refractivity contribution is 0.266. The van der Waals surface area contributed by atoms with E-state index in [1.54, 1.807) is 0 Å². The normalized spacial score (nSPS) is 26.7. The Morgan fingerprint density at radius 1 is 1.78 bits per heavy atom. The molecule has 0 aromatic rings. The monoisotopic (exact) mass is 148 g/mol. The van der Waals surface area contributed by atoms with Gasteiger partial charge in [-0.15, -0.1) is 0 Å². The summed E-state index contributed by atoms with van der Waals surface area (Å²) in [6, 6.07) is 0. The van der Waals surface area contributed by atoms with E-state index in [2.05, 4.69) is 16.3 Å². The average Bonchev–Trinajstić information content (AvgIpc) is 2.15. The molecule has 1 aliphatic rings. The average molecular weight is 148 g/mol. The van der Waals surface area contributed by atoms with Gasteiger partial charge in [-0.2, -0.15) is 5.43 Å². The second-order valence-electron chi connectivity index (χ2n) is 1.55. The molecule has 9 heavy (non-hydrogen) atoms. The summed E-state index contributed by atoms with van der Waals surface area (Å²) < 4.78 is 0. The van der Waals surface area contributed by atoms with Crippen LogP contribution in [0.5, 0.6) is 0 Å². The zero-order valence-electron chi connectivity index (χ0n) is 4.59. The lowest BCUT2D eigenvalue weighted by Gasteiger charge is -2.15. The van der Waals surface area contributed by atoms with E-state index in [4.69, 9.17) is 23.9 Å². The molecule has 0 aromatic heterocycles. The van der Waals surface area contributed by atoms with Crippen LogP contribution in [0.15, 0.2) is 0 Å². The molecule has 7 heteroatoms. The molecule has 1 fully saturated rings. The number of hydrogen-bond acceptors (Lipinski definition) is 5. The highest BCUT2D eigenvalue weighted by atomic mass is 32.1. The van der Waals surface area contributed by atoms with Gasteiger partial charge >= 0.3 is 0 Å². The summed E-state index contributed by atoms with van der Waals surface area (Å²) >= 11 is 4.72. The first-order chi connectivity index (χ1) is 4.25. The number of hydrazine groups is 3. The zero-order chi connectivity index (χ0) is 6.85. The number of nitrogens with two attached hydrogens (primary N) is 2. The van der Waals surface area contributed by atoms with E-state index in [1.807, 2.05) is 0 Å². The number of nitrogens with one attached hydrogen (secondary N) is 3. The third-order valence-electron chi connectivity index (χ3n) is 0.986. The predicted molar refractivity (Wildman–Crippen MR) is 36.0 cm³/mol. The SMILES string of the molecule is NNC1NNC(=S)N1N. The molecule has 0 amide bonds. The van der Waals surface area contributed by atoms with E-state index in [-0.39, 0.29) is 6.29 Å². The van der Waals surface area contributed by atoms with Crippen LogP contribution in [0.2, 0.25) is 0 Å². The van der Waals surface area contributed by atoms with Crippen molar-refractivity contribution in [3.63, 3.8) is 0 Å². The van der Waals surface area contributed by atoms with Crippen LogP contribution in [0.25, 0.3) is 0 Å². The van der Waals surface area contributed by atoms with Crippen molar-refractivity contribution in [1.29, 1.82) is 0 Å². The molecule has 0 saturated carbocycles. The molecule has 52 valence electrons. The van der Waals surface area contributed by atoms with Gasteiger partial charge in [0, 0.05) is 0 Å². The summed E-state index contributed by atoms with van der Waals surface area (Å²) in [5.74, 6) is 10.4.